The van der Waals surface area contributed by atoms with Crippen molar-refractivity contribution in [2.75, 3.05) is 5.32 Å². The Bertz CT molecular complexity index is 1180. The lowest BCUT2D eigenvalue weighted by atomic mass is 10.0. The number of nitrogens with zero attached hydrogens (tertiary/aromatic N) is 3. The Kier molecular flexibility index (Phi) is 3.15. The Balaban J connectivity index is 1.59. The predicted molar refractivity (Wildman–Crippen MR) is 100 cm³/mol. The maximum absolute atomic E-state index is 12.3. The molecule has 0 saturated heterocycles. The highest BCUT2D eigenvalue weighted by Gasteiger charge is 2.23. The summed E-state index contributed by atoms with van der Waals surface area (Å²) in [5.74, 6) is -0.0852. The van der Waals surface area contributed by atoms with Crippen LogP contribution in [0.5, 0.6) is 0 Å². The minimum absolute atomic E-state index is 0.0852. The normalized spacial score (nSPS) is 14.6. The van der Waals surface area contributed by atoms with Crippen molar-refractivity contribution in [2.45, 2.75) is 0 Å². The van der Waals surface area contributed by atoms with Crippen LogP contribution in [0.3, 0.4) is 0 Å². The second-order valence-electron chi connectivity index (χ2n) is 6.06. The average molecular weight is 339 g/mol. The van der Waals surface area contributed by atoms with Crippen LogP contribution in [0, 0.1) is 0 Å². The van der Waals surface area contributed by atoms with Crippen LogP contribution in [0.15, 0.2) is 61.2 Å². The third-order valence-corrected chi connectivity index (χ3v) is 4.44. The van der Waals surface area contributed by atoms with Crippen molar-refractivity contribution in [1.29, 1.82) is 0 Å². The maximum atomic E-state index is 12.3. The summed E-state index contributed by atoms with van der Waals surface area (Å²) in [5, 5.41) is 11.3. The van der Waals surface area contributed by atoms with Gasteiger partial charge < -0.3 is 5.32 Å². The maximum Gasteiger partial charge on any atom is 0.256 e. The van der Waals surface area contributed by atoms with Crippen LogP contribution in [-0.2, 0) is 4.79 Å². The fourth-order valence-corrected chi connectivity index (χ4v) is 3.22. The fraction of sp³-hybridized carbons (Fsp3) is 0. The standard InChI is InChI=1S/C20H13N5O/c26-20-16(14-3-1-2-4-17(14)23-20)7-12-5-6-15-18(8-12)24-25-19(15)13-9-21-11-22-10-13/h1-11H,(H,23,26)(H,24,25)/b16-7-. The highest BCUT2D eigenvalue weighted by Crippen LogP contribution is 2.33. The zero-order valence-electron chi connectivity index (χ0n) is 13.6. The van der Waals surface area contributed by atoms with E-state index in [1.54, 1.807) is 12.4 Å². The minimum atomic E-state index is -0.0852. The molecule has 0 bridgehead atoms. The van der Waals surface area contributed by atoms with E-state index in [-0.39, 0.29) is 5.91 Å². The second-order valence-corrected chi connectivity index (χ2v) is 6.06. The first kappa shape index (κ1) is 14.5. The number of amides is 1. The molecule has 0 saturated carbocycles. The van der Waals surface area contributed by atoms with Crippen molar-refractivity contribution in [3.8, 4) is 11.3 Å². The first-order valence-corrected chi connectivity index (χ1v) is 8.15. The molecule has 2 N–H and O–H groups in total. The Morgan fingerprint density at radius 3 is 2.73 bits per heavy atom. The number of carbonyl (C=O) groups excluding carboxylic acids is 1. The molecule has 3 heterocycles. The van der Waals surface area contributed by atoms with E-state index in [4.69, 9.17) is 0 Å². The van der Waals surface area contributed by atoms with Crippen LogP contribution >= 0.6 is 0 Å². The highest BCUT2D eigenvalue weighted by molar-refractivity contribution is 6.34. The number of carbonyl (C=O) groups is 1. The number of hydrogen-bond acceptors (Lipinski definition) is 4. The van der Waals surface area contributed by atoms with E-state index in [1.807, 2.05) is 48.5 Å². The summed E-state index contributed by atoms with van der Waals surface area (Å²) in [6.07, 6.45) is 6.86. The van der Waals surface area contributed by atoms with Crippen molar-refractivity contribution < 1.29 is 4.79 Å². The third-order valence-electron chi connectivity index (χ3n) is 4.44. The number of nitrogens with one attached hydrogen (secondary N) is 2. The van der Waals surface area contributed by atoms with Gasteiger partial charge in [-0.3, -0.25) is 9.89 Å². The summed E-state index contributed by atoms with van der Waals surface area (Å²) in [4.78, 5) is 20.4. The molecule has 2 aromatic heterocycles. The first-order chi connectivity index (χ1) is 12.8. The molecular weight excluding hydrogens is 326 g/mol. The molecule has 6 heteroatoms. The summed E-state index contributed by atoms with van der Waals surface area (Å²) >= 11 is 0. The SMILES string of the molecule is O=C1Nc2ccccc2/C1=C/c1ccc2c(-c3cncnc3)n[nH]c2c1. The molecule has 2 aromatic carbocycles. The van der Waals surface area contributed by atoms with E-state index in [0.717, 1.165) is 39.0 Å². The van der Waals surface area contributed by atoms with Gasteiger partial charge in [0.2, 0.25) is 0 Å². The molecule has 0 radical (unpaired) electrons. The van der Waals surface area contributed by atoms with E-state index in [9.17, 15) is 4.79 Å². The molecule has 0 fully saturated rings. The van der Waals surface area contributed by atoms with Crippen molar-refractivity contribution >= 4 is 34.1 Å². The molecule has 5 rings (SSSR count). The van der Waals surface area contributed by atoms with Crippen LogP contribution in [0.25, 0.3) is 33.8 Å². The Morgan fingerprint density at radius 1 is 1.00 bits per heavy atom. The van der Waals surface area contributed by atoms with Crippen molar-refractivity contribution in [3.05, 3.63) is 72.3 Å². The lowest BCUT2D eigenvalue weighted by Gasteiger charge is -2.00. The quantitative estimate of drug-likeness (QED) is 0.547. The largest absolute Gasteiger partial charge is 0.321 e. The van der Waals surface area contributed by atoms with E-state index >= 15 is 0 Å². The van der Waals surface area contributed by atoms with Crippen LogP contribution in [0.4, 0.5) is 5.69 Å². The number of hydrogen-bond donors (Lipinski definition) is 2. The van der Waals surface area contributed by atoms with Crippen LogP contribution in [0.2, 0.25) is 0 Å². The smallest absolute Gasteiger partial charge is 0.256 e. The molecular formula is C20H13N5O. The number of H-pyrrole nitrogens is 1. The number of para-hydroxylation sites is 1. The zero-order valence-corrected chi connectivity index (χ0v) is 13.6. The zero-order chi connectivity index (χ0) is 17.5. The van der Waals surface area contributed by atoms with Gasteiger partial charge >= 0.3 is 0 Å². The number of rotatable bonds is 2. The van der Waals surface area contributed by atoms with E-state index < -0.39 is 0 Å². The van der Waals surface area contributed by atoms with Gasteiger partial charge in [0.1, 0.15) is 12.0 Å². The molecule has 0 aliphatic carbocycles. The van der Waals surface area contributed by atoms with Gasteiger partial charge in [-0.1, -0.05) is 24.3 Å². The van der Waals surface area contributed by atoms with Gasteiger partial charge in [0.15, 0.2) is 0 Å². The molecule has 26 heavy (non-hydrogen) atoms. The molecule has 4 aromatic rings. The molecule has 1 amide bonds. The van der Waals surface area contributed by atoms with Crippen LogP contribution < -0.4 is 5.32 Å². The number of aromatic nitrogens is 4. The van der Waals surface area contributed by atoms with E-state index in [1.165, 1.54) is 6.33 Å². The molecule has 0 unspecified atom stereocenters. The number of fused-ring (bicyclic) bond motifs is 2. The number of benzene rings is 2. The first-order valence-electron chi connectivity index (χ1n) is 8.15. The number of aromatic amines is 1. The lowest BCUT2D eigenvalue weighted by molar-refractivity contribution is -0.110. The molecule has 0 atom stereocenters. The van der Waals surface area contributed by atoms with Gasteiger partial charge in [0.25, 0.3) is 5.91 Å². The van der Waals surface area contributed by atoms with Crippen LogP contribution in [0.1, 0.15) is 11.1 Å². The Morgan fingerprint density at radius 2 is 1.85 bits per heavy atom. The molecule has 1 aliphatic rings. The van der Waals surface area contributed by atoms with Gasteiger partial charge in [-0.2, -0.15) is 5.10 Å². The van der Waals surface area contributed by atoms with Gasteiger partial charge in [0, 0.05) is 40.2 Å². The minimum Gasteiger partial charge on any atom is -0.321 e. The van der Waals surface area contributed by atoms with Crippen LogP contribution in [-0.4, -0.2) is 26.1 Å². The van der Waals surface area contributed by atoms with Gasteiger partial charge in [-0.15, -0.1) is 0 Å². The third kappa shape index (κ3) is 2.28. The Labute approximate surface area is 148 Å². The summed E-state index contributed by atoms with van der Waals surface area (Å²) in [7, 11) is 0. The average Bonchev–Trinajstić information content (AvgIpc) is 3.23. The lowest BCUT2D eigenvalue weighted by Crippen LogP contribution is -2.03. The van der Waals surface area contributed by atoms with Crippen molar-refractivity contribution in [2.24, 2.45) is 0 Å². The summed E-state index contributed by atoms with van der Waals surface area (Å²) in [6.45, 7) is 0. The van der Waals surface area contributed by atoms with Gasteiger partial charge in [-0.25, -0.2) is 9.97 Å². The summed E-state index contributed by atoms with van der Waals surface area (Å²) in [5.41, 5.74) is 5.92. The van der Waals surface area contributed by atoms with Crippen molar-refractivity contribution in [1.82, 2.24) is 20.2 Å². The molecule has 0 spiro atoms. The van der Waals surface area contributed by atoms with E-state index in [0.29, 0.717) is 5.57 Å². The van der Waals surface area contributed by atoms with E-state index in [2.05, 4.69) is 25.5 Å². The van der Waals surface area contributed by atoms with Crippen molar-refractivity contribution in [3.63, 3.8) is 0 Å². The van der Waals surface area contributed by atoms with Gasteiger partial charge in [-0.05, 0) is 29.8 Å². The second kappa shape index (κ2) is 5.63. The monoisotopic (exact) mass is 339 g/mol. The molecule has 1 aliphatic heterocycles. The molecule has 124 valence electrons. The molecule has 6 nitrogen and oxygen atoms in total. The van der Waals surface area contributed by atoms with Gasteiger partial charge in [0.05, 0.1) is 5.52 Å². The highest BCUT2D eigenvalue weighted by atomic mass is 16.2. The number of anilines is 1. The fourth-order valence-electron chi connectivity index (χ4n) is 3.22. The topological polar surface area (TPSA) is 83.6 Å². The summed E-state index contributed by atoms with van der Waals surface area (Å²) in [6, 6.07) is 13.6. The summed E-state index contributed by atoms with van der Waals surface area (Å²) < 4.78 is 0. The predicted octanol–water partition coefficient (Wildman–Crippen LogP) is 3.51. The Hall–Kier alpha value is -3.80.